The highest BCUT2D eigenvalue weighted by Gasteiger charge is 2.54. The van der Waals surface area contributed by atoms with Crippen LogP contribution < -0.4 is 0 Å². The molecule has 0 radical (unpaired) electrons. The predicted octanol–water partition coefficient (Wildman–Crippen LogP) is 15.1. The van der Waals surface area contributed by atoms with Gasteiger partial charge in [-0.25, -0.2) is 0 Å². The smallest absolute Gasteiger partial charge is 0.237 e. The van der Waals surface area contributed by atoms with Gasteiger partial charge in [-0.05, 0) is 218 Å². The van der Waals surface area contributed by atoms with Crippen molar-refractivity contribution in [3.8, 4) is 0 Å². The van der Waals surface area contributed by atoms with Crippen molar-refractivity contribution in [2.45, 2.75) is 326 Å². The van der Waals surface area contributed by atoms with Crippen molar-refractivity contribution < 1.29 is 4.79 Å². The van der Waals surface area contributed by atoms with E-state index in [1.807, 2.05) is 11.9 Å². The Morgan fingerprint density at radius 3 is 1.02 bits per heavy atom. The number of carbonyl (C=O) groups excluding carboxylic acids is 1. The van der Waals surface area contributed by atoms with Gasteiger partial charge in [-0.1, -0.05) is 145 Å². The van der Waals surface area contributed by atoms with E-state index in [0.29, 0.717) is 67.7 Å². The molecular formula is C89H186N14O. The Labute approximate surface area is 651 Å². The van der Waals surface area contributed by atoms with Gasteiger partial charge in [0.2, 0.25) is 5.91 Å². The maximum Gasteiger partial charge on any atom is 0.237 e. The molecule has 0 saturated carbocycles. The highest BCUT2D eigenvalue weighted by Crippen LogP contribution is 2.46. The molecule has 0 aromatic carbocycles. The number of rotatable bonds is 7. The third-order valence-corrected chi connectivity index (χ3v) is 31.5. The number of carbonyl (C=O) groups is 1. The molecule has 0 aromatic heterocycles. The van der Waals surface area contributed by atoms with Crippen LogP contribution in [0.1, 0.15) is 263 Å². The Balaban J connectivity index is 0.000000315. The summed E-state index contributed by atoms with van der Waals surface area (Å²) in [6.07, 6.45) is 1.30. The molecule has 0 spiro atoms. The second-order valence-electron chi connectivity index (χ2n) is 45.8. The second-order valence-corrected chi connectivity index (χ2v) is 45.8. The summed E-state index contributed by atoms with van der Waals surface area (Å²) in [7, 11) is 15.4. The van der Waals surface area contributed by atoms with Crippen molar-refractivity contribution in [1.29, 1.82) is 0 Å². The molecule has 0 aromatic rings. The van der Waals surface area contributed by atoms with E-state index in [1.54, 1.807) is 0 Å². The highest BCUT2D eigenvalue weighted by molar-refractivity contribution is 5.80. The minimum absolute atomic E-state index is 0.0780. The highest BCUT2D eigenvalue weighted by atomic mass is 16.2. The van der Waals surface area contributed by atoms with E-state index in [2.05, 4.69) is 362 Å². The Morgan fingerprint density at radius 1 is 0.250 bits per heavy atom. The normalized spacial score (nSPS) is 27.0. The molecule has 9 aliphatic rings. The number of likely N-dealkylation sites (N-methyl/N-ethyl adjacent to an activating group) is 7. The summed E-state index contributed by atoms with van der Waals surface area (Å²) < 4.78 is 0. The van der Waals surface area contributed by atoms with E-state index >= 15 is 0 Å². The lowest BCUT2D eigenvalue weighted by atomic mass is 9.71. The van der Waals surface area contributed by atoms with Crippen LogP contribution in [0.25, 0.3) is 0 Å². The van der Waals surface area contributed by atoms with E-state index in [9.17, 15) is 4.79 Å². The molecule has 9 saturated heterocycles. The topological polar surface area (TPSA) is 62.4 Å². The first-order chi connectivity index (χ1) is 46.4. The molecule has 618 valence electrons. The molecular weight excluding hydrogens is 1280 g/mol. The van der Waals surface area contributed by atoms with Crippen molar-refractivity contribution >= 4 is 5.91 Å². The van der Waals surface area contributed by atoms with Gasteiger partial charge in [0.1, 0.15) is 0 Å². The van der Waals surface area contributed by atoms with Gasteiger partial charge in [0.25, 0.3) is 0 Å². The number of likely N-dealkylation sites (tertiary alicyclic amines) is 4. The zero-order chi connectivity index (χ0) is 81.1. The minimum Gasteiger partial charge on any atom is -0.335 e. The fourth-order valence-electron chi connectivity index (χ4n) is 15.9. The fourth-order valence-corrected chi connectivity index (χ4v) is 15.9. The molecule has 15 nitrogen and oxygen atoms in total. The Kier molecular flexibility index (Phi) is 33.6. The summed E-state index contributed by atoms with van der Waals surface area (Å²) in [5.74, 6) is 2.14. The summed E-state index contributed by atoms with van der Waals surface area (Å²) in [6.45, 7) is 114. The van der Waals surface area contributed by atoms with Crippen molar-refractivity contribution in [2.24, 2.45) is 49.7 Å². The molecule has 9 fully saturated rings. The molecule has 0 bridgehead atoms. The first kappa shape index (κ1) is 97.1. The van der Waals surface area contributed by atoms with Crippen LogP contribution in [-0.2, 0) is 4.79 Å². The van der Waals surface area contributed by atoms with E-state index in [-0.39, 0.29) is 33.5 Å². The van der Waals surface area contributed by atoms with Crippen molar-refractivity contribution in [3.63, 3.8) is 0 Å². The van der Waals surface area contributed by atoms with Gasteiger partial charge < -0.3 is 34.3 Å². The van der Waals surface area contributed by atoms with E-state index < -0.39 is 0 Å². The molecule has 9 aliphatic heterocycles. The van der Waals surface area contributed by atoms with Crippen LogP contribution in [-0.4, -0.2) is 337 Å². The summed E-state index contributed by atoms with van der Waals surface area (Å²) in [4.78, 5) is 46.9. The Morgan fingerprint density at radius 2 is 0.625 bits per heavy atom. The maximum atomic E-state index is 12.0. The molecule has 6 atom stereocenters. The largest absolute Gasteiger partial charge is 0.335 e. The number of nitrogens with zero attached hydrogens (tertiary/aromatic N) is 14. The summed E-state index contributed by atoms with van der Waals surface area (Å²) in [6, 6.07) is 3.01. The molecule has 15 heteroatoms. The third kappa shape index (κ3) is 24.2. The van der Waals surface area contributed by atoms with Gasteiger partial charge in [-0.2, -0.15) is 0 Å². The summed E-state index contributed by atoms with van der Waals surface area (Å²) in [5.41, 5.74) is 3.88. The summed E-state index contributed by atoms with van der Waals surface area (Å²) >= 11 is 0. The number of hydrogen-bond donors (Lipinski definition) is 0. The molecule has 104 heavy (non-hydrogen) atoms. The molecule has 0 N–H and O–H groups in total. The SMILES string of the molecule is CN1CCCN(C(C)(C)C(C)(C)C)CC1.CN1CCN(C(C)(C)C(C)(C)C)C(=O)C1.CN1CCN(C(C)(C)C(C)(C)C)CC1.CN1C[C@@H]2CN(C(C)(C)C(C)(C)C)C[C@@H]21.CN1C[C@H]2CN(C(C)(C)C(C)(C)C)[C@H]2C1.C[C@@H]1CN(C)CCN1C(C)(C)C(C)(C)C.C[C@H]1CN(C(C)(C)C(C)(C)C)CCN1C. The average Bonchev–Trinajstić information content (AvgIpc) is 1.49. The van der Waals surface area contributed by atoms with Crippen molar-refractivity contribution in [3.05, 3.63) is 0 Å². The lowest BCUT2D eigenvalue weighted by Gasteiger charge is -2.58. The zero-order valence-corrected chi connectivity index (χ0v) is 78.6. The Hall–Kier alpha value is -1.05. The molecule has 1 amide bonds. The van der Waals surface area contributed by atoms with Crippen LogP contribution in [0.5, 0.6) is 0 Å². The monoisotopic (exact) mass is 1470 g/mol. The maximum absolute atomic E-state index is 12.0. The van der Waals surface area contributed by atoms with Gasteiger partial charge in [0.15, 0.2) is 0 Å². The Bertz CT molecular complexity index is 2440. The van der Waals surface area contributed by atoms with E-state index in [1.165, 1.54) is 137 Å². The fraction of sp³-hybridized carbons (Fsp3) is 0.989. The minimum atomic E-state index is -0.0780. The molecule has 0 unspecified atom stereocenters. The lowest BCUT2D eigenvalue weighted by molar-refractivity contribution is -0.146. The third-order valence-electron chi connectivity index (χ3n) is 31.5. The molecule has 9 heterocycles. The van der Waals surface area contributed by atoms with Gasteiger partial charge in [-0.3, -0.25) is 39.1 Å². The lowest BCUT2D eigenvalue weighted by Crippen LogP contribution is -2.67. The van der Waals surface area contributed by atoms with Crippen LogP contribution in [0.2, 0.25) is 0 Å². The first-order valence-electron chi connectivity index (χ1n) is 42.1. The number of fused-ring (bicyclic) bond motifs is 2. The van der Waals surface area contributed by atoms with Gasteiger partial charge in [0, 0.05) is 206 Å². The number of piperazine rings is 4. The van der Waals surface area contributed by atoms with Crippen LogP contribution in [0.4, 0.5) is 0 Å². The van der Waals surface area contributed by atoms with E-state index in [0.717, 1.165) is 37.0 Å². The van der Waals surface area contributed by atoms with Crippen molar-refractivity contribution in [1.82, 2.24) is 68.6 Å². The van der Waals surface area contributed by atoms with Gasteiger partial charge >= 0.3 is 0 Å². The summed E-state index contributed by atoms with van der Waals surface area (Å²) in [5, 5.41) is 0. The van der Waals surface area contributed by atoms with Crippen molar-refractivity contribution in [2.75, 3.05) is 200 Å². The number of amides is 1. The van der Waals surface area contributed by atoms with Gasteiger partial charge in [0.05, 0.1) is 6.54 Å². The number of hydrogen-bond acceptors (Lipinski definition) is 14. The van der Waals surface area contributed by atoms with Crippen LogP contribution in [0, 0.1) is 49.7 Å². The molecule has 0 aliphatic carbocycles. The predicted molar refractivity (Wildman–Crippen MR) is 457 cm³/mol. The quantitative estimate of drug-likeness (QED) is 0.243. The van der Waals surface area contributed by atoms with Gasteiger partial charge in [-0.15, -0.1) is 0 Å². The zero-order valence-electron chi connectivity index (χ0n) is 78.6. The average molecular weight is 1470 g/mol. The van der Waals surface area contributed by atoms with E-state index in [4.69, 9.17) is 0 Å². The van der Waals surface area contributed by atoms with Crippen LogP contribution in [0.15, 0.2) is 0 Å². The second kappa shape index (κ2) is 36.0. The van der Waals surface area contributed by atoms with Crippen LogP contribution >= 0.6 is 0 Å². The first-order valence-corrected chi connectivity index (χ1v) is 42.1. The molecule has 9 rings (SSSR count). The standard InChI is InChI=1S/2C13H26N2.3C13H28N2.C12H24N2O.C12H26N2/c1-12(2,3)13(4,5)15-8-10-7-14(6)11(10)9-15;1-12(2,3)13(4,5)15-8-10-7-14(6)9-11(10)15;1-11-10-15(9-8-14(11)7)13(5,6)12(2,3)4;1-11-10-14(7)8-9-15(11)13(5,6)12(2,3)4;1-12(2,3)13(4,5)15-9-7-8-14(6)10-11-15;1-11(2,3)12(4,5)14-8-7-13(6)9-10(14)15;1-11(2,3)12(4,5)14-9-7-13(6)8-10-14/h2*10-11H,7-9H2,1-6H3;2*11H,8-10H2,1-7H3;7-11H2,1-6H3;7-9H2,1-6H3;7-10H2,1-6H3/t10-,11+;10-,11-;2*11-;;;/m1001.../s1. The van der Waals surface area contributed by atoms with Crippen LogP contribution in [0.3, 0.4) is 0 Å².